The number of pyridine rings is 1. The molecule has 144 valence electrons. The monoisotopic (exact) mass is 377 g/mol. The van der Waals surface area contributed by atoms with E-state index in [1.807, 2.05) is 61.5 Å². The van der Waals surface area contributed by atoms with Crippen molar-refractivity contribution in [3.63, 3.8) is 0 Å². The van der Waals surface area contributed by atoms with E-state index in [1.165, 1.54) is 13.8 Å². The number of nitrogens with one attached hydrogen (secondary N) is 2. The van der Waals surface area contributed by atoms with E-state index >= 15 is 0 Å². The second-order valence-corrected chi connectivity index (χ2v) is 7.27. The number of carbonyl (C=O) groups is 1. The molecule has 3 rings (SSSR count). The highest BCUT2D eigenvalue weighted by Gasteiger charge is 2.31. The molecule has 0 aliphatic heterocycles. The molecule has 1 atom stereocenters. The van der Waals surface area contributed by atoms with Crippen molar-refractivity contribution in [3.8, 4) is 11.1 Å². The normalized spacial score (nSPS) is 12.3. The number of urea groups is 1. The molecular formula is C23H24FN3O. The summed E-state index contributed by atoms with van der Waals surface area (Å²) < 4.78 is 14.7. The molecular weight excluding hydrogens is 353 g/mol. The molecule has 0 fully saturated rings. The fourth-order valence-electron chi connectivity index (χ4n) is 3.07. The van der Waals surface area contributed by atoms with Crippen molar-refractivity contribution >= 4 is 11.7 Å². The van der Waals surface area contributed by atoms with Crippen LogP contribution in [0.2, 0.25) is 0 Å². The van der Waals surface area contributed by atoms with Gasteiger partial charge in [0, 0.05) is 17.6 Å². The zero-order valence-corrected chi connectivity index (χ0v) is 16.2. The SMILES string of the molecule is Cc1cc(-c2ccc(NC(=O)NC(c3ccccc3)C(C)(C)F)cc2)ccn1. The average Bonchev–Trinajstić information content (AvgIpc) is 2.66. The van der Waals surface area contributed by atoms with Gasteiger partial charge in [-0.25, -0.2) is 9.18 Å². The van der Waals surface area contributed by atoms with Crippen molar-refractivity contribution in [2.75, 3.05) is 5.32 Å². The third-order valence-electron chi connectivity index (χ3n) is 4.47. The van der Waals surface area contributed by atoms with Crippen molar-refractivity contribution in [1.82, 2.24) is 10.3 Å². The van der Waals surface area contributed by atoms with Gasteiger partial charge in [0.1, 0.15) is 5.67 Å². The van der Waals surface area contributed by atoms with Gasteiger partial charge < -0.3 is 10.6 Å². The van der Waals surface area contributed by atoms with E-state index in [2.05, 4.69) is 15.6 Å². The average molecular weight is 377 g/mol. The Morgan fingerprint density at radius 3 is 2.29 bits per heavy atom. The minimum Gasteiger partial charge on any atom is -0.328 e. The van der Waals surface area contributed by atoms with Gasteiger partial charge in [-0.1, -0.05) is 42.5 Å². The van der Waals surface area contributed by atoms with Gasteiger partial charge in [0.25, 0.3) is 0 Å². The van der Waals surface area contributed by atoms with E-state index in [4.69, 9.17) is 0 Å². The smallest absolute Gasteiger partial charge is 0.319 e. The molecule has 1 aromatic heterocycles. The summed E-state index contributed by atoms with van der Waals surface area (Å²) >= 11 is 0. The molecule has 1 unspecified atom stereocenters. The Bertz CT molecular complexity index is 934. The van der Waals surface area contributed by atoms with Gasteiger partial charge >= 0.3 is 6.03 Å². The maximum absolute atomic E-state index is 14.7. The first-order valence-corrected chi connectivity index (χ1v) is 9.17. The third kappa shape index (κ3) is 4.94. The highest BCUT2D eigenvalue weighted by atomic mass is 19.1. The van der Waals surface area contributed by atoms with Gasteiger partial charge in [-0.15, -0.1) is 0 Å². The molecule has 4 nitrogen and oxygen atoms in total. The fourth-order valence-corrected chi connectivity index (χ4v) is 3.07. The molecule has 0 spiro atoms. The zero-order valence-electron chi connectivity index (χ0n) is 16.2. The lowest BCUT2D eigenvalue weighted by Gasteiger charge is -2.28. The third-order valence-corrected chi connectivity index (χ3v) is 4.47. The number of halogens is 1. The number of hydrogen-bond acceptors (Lipinski definition) is 2. The zero-order chi connectivity index (χ0) is 20.1. The number of alkyl halides is 1. The second kappa shape index (κ2) is 8.21. The standard InChI is InChI=1S/C23H24FN3O/c1-16-15-19(13-14-25-16)17-9-11-20(12-10-17)26-22(28)27-21(23(2,3)24)18-7-5-4-6-8-18/h4-15,21H,1-3H3,(H2,26,27,28). The Labute approximate surface area is 164 Å². The number of rotatable bonds is 5. The Kier molecular flexibility index (Phi) is 5.73. The lowest BCUT2D eigenvalue weighted by molar-refractivity contribution is 0.152. The van der Waals surface area contributed by atoms with Gasteiger partial charge in [-0.05, 0) is 61.7 Å². The number of benzene rings is 2. The van der Waals surface area contributed by atoms with Crippen LogP contribution in [0.1, 0.15) is 31.1 Å². The molecule has 3 aromatic rings. The van der Waals surface area contributed by atoms with Gasteiger partial charge in [-0.3, -0.25) is 4.98 Å². The number of amides is 2. The predicted molar refractivity (Wildman–Crippen MR) is 111 cm³/mol. The number of anilines is 1. The maximum Gasteiger partial charge on any atom is 0.319 e. The van der Waals surface area contributed by atoms with E-state index in [1.54, 1.807) is 18.3 Å². The summed E-state index contributed by atoms with van der Waals surface area (Å²) in [5.41, 5.74) is 2.78. The van der Waals surface area contributed by atoms with Crippen LogP contribution >= 0.6 is 0 Å². The number of aryl methyl sites for hydroxylation is 1. The first kappa shape index (κ1) is 19.5. The Morgan fingerprint density at radius 1 is 1.00 bits per heavy atom. The van der Waals surface area contributed by atoms with Crippen molar-refractivity contribution in [1.29, 1.82) is 0 Å². The Morgan fingerprint density at radius 2 is 1.68 bits per heavy atom. The summed E-state index contributed by atoms with van der Waals surface area (Å²) in [6, 6.07) is 19.4. The summed E-state index contributed by atoms with van der Waals surface area (Å²) in [7, 11) is 0. The van der Waals surface area contributed by atoms with Crippen molar-refractivity contribution in [2.45, 2.75) is 32.5 Å². The molecule has 1 heterocycles. The first-order valence-electron chi connectivity index (χ1n) is 9.17. The van der Waals surface area contributed by atoms with E-state index < -0.39 is 17.7 Å². The van der Waals surface area contributed by atoms with Gasteiger partial charge in [0.05, 0.1) is 6.04 Å². The number of hydrogen-bond donors (Lipinski definition) is 2. The number of nitrogens with zero attached hydrogens (tertiary/aromatic N) is 1. The van der Waals surface area contributed by atoms with Crippen LogP contribution in [-0.2, 0) is 0 Å². The highest BCUT2D eigenvalue weighted by Crippen LogP contribution is 2.29. The molecule has 0 aliphatic carbocycles. The summed E-state index contributed by atoms with van der Waals surface area (Å²) in [6.45, 7) is 4.85. The summed E-state index contributed by atoms with van der Waals surface area (Å²) in [6.07, 6.45) is 1.77. The second-order valence-electron chi connectivity index (χ2n) is 7.27. The highest BCUT2D eigenvalue weighted by molar-refractivity contribution is 5.90. The molecule has 2 amide bonds. The van der Waals surface area contributed by atoms with E-state index in [0.717, 1.165) is 16.8 Å². The minimum absolute atomic E-state index is 0.452. The topological polar surface area (TPSA) is 54.0 Å². The lowest BCUT2D eigenvalue weighted by Crippen LogP contribution is -2.41. The fraction of sp³-hybridized carbons (Fsp3) is 0.217. The molecule has 2 N–H and O–H groups in total. The van der Waals surface area contributed by atoms with Gasteiger partial charge in [0.15, 0.2) is 0 Å². The summed E-state index contributed by atoms with van der Waals surface area (Å²) in [4.78, 5) is 16.6. The quantitative estimate of drug-likeness (QED) is 0.602. The molecule has 0 bridgehead atoms. The van der Waals surface area contributed by atoms with Crippen LogP contribution in [0.15, 0.2) is 72.9 Å². The van der Waals surface area contributed by atoms with Crippen LogP contribution in [-0.4, -0.2) is 16.7 Å². The number of aromatic nitrogens is 1. The van der Waals surface area contributed by atoms with Crippen LogP contribution in [0.4, 0.5) is 14.9 Å². The molecule has 28 heavy (non-hydrogen) atoms. The van der Waals surface area contributed by atoms with Crippen molar-refractivity contribution < 1.29 is 9.18 Å². The molecule has 0 aliphatic rings. The first-order chi connectivity index (χ1) is 13.3. The summed E-state index contributed by atoms with van der Waals surface area (Å²) in [5.74, 6) is 0. The van der Waals surface area contributed by atoms with E-state index in [0.29, 0.717) is 11.3 Å². The van der Waals surface area contributed by atoms with Crippen LogP contribution in [0.3, 0.4) is 0 Å². The van der Waals surface area contributed by atoms with Crippen LogP contribution < -0.4 is 10.6 Å². The minimum atomic E-state index is -1.61. The van der Waals surface area contributed by atoms with Crippen molar-refractivity contribution in [2.24, 2.45) is 0 Å². The molecule has 2 aromatic carbocycles. The molecule has 0 radical (unpaired) electrons. The van der Waals surface area contributed by atoms with Crippen molar-refractivity contribution in [3.05, 3.63) is 84.2 Å². The van der Waals surface area contributed by atoms with Gasteiger partial charge in [0.2, 0.25) is 0 Å². The van der Waals surface area contributed by atoms with Crippen LogP contribution in [0.5, 0.6) is 0 Å². The summed E-state index contributed by atoms with van der Waals surface area (Å²) in [5, 5.41) is 5.52. The number of carbonyl (C=O) groups excluding carboxylic acids is 1. The van der Waals surface area contributed by atoms with E-state index in [-0.39, 0.29) is 0 Å². The lowest BCUT2D eigenvalue weighted by atomic mass is 9.93. The van der Waals surface area contributed by atoms with Gasteiger partial charge in [-0.2, -0.15) is 0 Å². The van der Waals surface area contributed by atoms with Crippen LogP contribution in [0, 0.1) is 6.92 Å². The van der Waals surface area contributed by atoms with Crippen LogP contribution in [0.25, 0.3) is 11.1 Å². The Balaban J connectivity index is 1.70. The molecule has 0 saturated carbocycles. The Hall–Kier alpha value is -3.21. The maximum atomic E-state index is 14.7. The largest absolute Gasteiger partial charge is 0.328 e. The predicted octanol–water partition coefficient (Wildman–Crippen LogP) is 5.67. The molecule has 5 heteroatoms. The van der Waals surface area contributed by atoms with E-state index in [9.17, 15) is 9.18 Å². The molecule has 0 saturated heterocycles.